The number of thioether (sulfide) groups is 1. The lowest BCUT2D eigenvalue weighted by Crippen LogP contribution is -2.36. The van der Waals surface area contributed by atoms with Gasteiger partial charge in [-0.25, -0.2) is 0 Å². The van der Waals surface area contributed by atoms with E-state index in [4.69, 9.17) is 0 Å². The Hall–Kier alpha value is -0.470. The molecule has 1 nitrogen and oxygen atoms in total. The fraction of sp³-hybridized carbons (Fsp3) is 0.667. The third-order valence-corrected chi connectivity index (χ3v) is 5.14. The molecule has 0 aromatic heterocycles. The summed E-state index contributed by atoms with van der Waals surface area (Å²) in [7, 11) is 0. The first-order valence-corrected chi connectivity index (χ1v) is 9.50. The zero-order valence-electron chi connectivity index (χ0n) is 13.0. The maximum absolute atomic E-state index is 3.92. The van der Waals surface area contributed by atoms with E-state index < -0.39 is 0 Å². The molecule has 0 heterocycles. The Labute approximate surface area is 128 Å². The molecule has 2 unspecified atom stereocenters. The molecule has 0 bridgehead atoms. The summed E-state index contributed by atoms with van der Waals surface area (Å²) in [6.07, 6.45) is 10.5. The van der Waals surface area contributed by atoms with Crippen LogP contribution in [0.15, 0.2) is 30.3 Å². The van der Waals surface area contributed by atoms with Crippen molar-refractivity contribution in [1.29, 1.82) is 0 Å². The van der Waals surface area contributed by atoms with E-state index in [1.54, 1.807) is 0 Å². The van der Waals surface area contributed by atoms with Gasteiger partial charge in [0.05, 0.1) is 0 Å². The summed E-state index contributed by atoms with van der Waals surface area (Å²) in [4.78, 5) is 0. The molecule has 2 rings (SSSR count). The maximum Gasteiger partial charge on any atom is 0.0350 e. The molecule has 0 spiro atoms. The standard InChI is InChI=1S/C18H29NS/c1-15(13-14-20-2)19-18(16-9-5-3-6-10-16)17-11-7-4-8-12-17/h3,5-6,9-10,15,17-19H,4,7-8,11-14H2,1-2H3. The van der Waals surface area contributed by atoms with Crippen LogP contribution in [-0.4, -0.2) is 18.1 Å². The summed E-state index contributed by atoms with van der Waals surface area (Å²) in [5.41, 5.74) is 1.48. The van der Waals surface area contributed by atoms with Gasteiger partial charge in [-0.05, 0) is 49.7 Å². The SMILES string of the molecule is CSCCC(C)NC(c1ccccc1)C1CCCCC1. The monoisotopic (exact) mass is 291 g/mol. The van der Waals surface area contributed by atoms with Crippen molar-refractivity contribution in [3.8, 4) is 0 Å². The summed E-state index contributed by atoms with van der Waals surface area (Å²) < 4.78 is 0. The van der Waals surface area contributed by atoms with Crippen LogP contribution in [0.3, 0.4) is 0 Å². The molecular weight excluding hydrogens is 262 g/mol. The molecule has 1 aromatic carbocycles. The molecule has 1 saturated carbocycles. The minimum Gasteiger partial charge on any atom is -0.307 e. The summed E-state index contributed by atoms with van der Waals surface area (Å²) >= 11 is 1.95. The van der Waals surface area contributed by atoms with Crippen molar-refractivity contribution in [2.75, 3.05) is 12.0 Å². The van der Waals surface area contributed by atoms with Gasteiger partial charge in [-0.3, -0.25) is 0 Å². The molecule has 2 atom stereocenters. The van der Waals surface area contributed by atoms with Crippen LogP contribution < -0.4 is 5.32 Å². The van der Waals surface area contributed by atoms with Crippen molar-refractivity contribution in [1.82, 2.24) is 5.32 Å². The first-order valence-electron chi connectivity index (χ1n) is 8.11. The summed E-state index contributed by atoms with van der Waals surface area (Å²) in [6, 6.07) is 12.2. The van der Waals surface area contributed by atoms with Gasteiger partial charge in [0, 0.05) is 12.1 Å². The van der Waals surface area contributed by atoms with Gasteiger partial charge in [-0.15, -0.1) is 0 Å². The Morgan fingerprint density at radius 3 is 2.50 bits per heavy atom. The van der Waals surface area contributed by atoms with Crippen molar-refractivity contribution < 1.29 is 0 Å². The number of rotatable bonds is 7. The van der Waals surface area contributed by atoms with Crippen LogP contribution in [0.1, 0.15) is 57.1 Å². The summed E-state index contributed by atoms with van der Waals surface area (Å²) in [6.45, 7) is 2.34. The highest BCUT2D eigenvalue weighted by molar-refractivity contribution is 7.98. The highest BCUT2D eigenvalue weighted by Gasteiger charge is 2.25. The minimum atomic E-state index is 0.549. The smallest absolute Gasteiger partial charge is 0.0350 e. The van der Waals surface area contributed by atoms with Crippen molar-refractivity contribution in [2.24, 2.45) is 5.92 Å². The lowest BCUT2D eigenvalue weighted by molar-refractivity contribution is 0.255. The lowest BCUT2D eigenvalue weighted by Gasteiger charge is -2.33. The first kappa shape index (κ1) is 15.9. The van der Waals surface area contributed by atoms with Gasteiger partial charge in [0.1, 0.15) is 0 Å². The van der Waals surface area contributed by atoms with Crippen LogP contribution in [0.25, 0.3) is 0 Å². The van der Waals surface area contributed by atoms with E-state index in [0.717, 1.165) is 5.92 Å². The average molecular weight is 292 g/mol. The van der Waals surface area contributed by atoms with Crippen molar-refractivity contribution in [3.05, 3.63) is 35.9 Å². The van der Waals surface area contributed by atoms with E-state index in [0.29, 0.717) is 12.1 Å². The summed E-state index contributed by atoms with van der Waals surface area (Å²) in [5.74, 6) is 2.07. The molecule has 2 heteroatoms. The fourth-order valence-corrected chi connectivity index (χ4v) is 3.91. The molecule has 1 aliphatic rings. The molecule has 1 N–H and O–H groups in total. The molecular formula is C18H29NS. The van der Waals surface area contributed by atoms with Gasteiger partial charge in [0.25, 0.3) is 0 Å². The second-order valence-corrected chi connectivity index (χ2v) is 7.12. The molecule has 0 saturated heterocycles. The van der Waals surface area contributed by atoms with Crippen LogP contribution in [0.2, 0.25) is 0 Å². The molecule has 0 radical (unpaired) electrons. The predicted molar refractivity (Wildman–Crippen MR) is 91.4 cm³/mol. The molecule has 1 aliphatic carbocycles. The quantitative estimate of drug-likeness (QED) is 0.755. The van der Waals surface area contributed by atoms with Crippen LogP contribution in [-0.2, 0) is 0 Å². The Balaban J connectivity index is 2.03. The van der Waals surface area contributed by atoms with E-state index in [1.165, 1.54) is 49.8 Å². The van der Waals surface area contributed by atoms with Crippen molar-refractivity contribution >= 4 is 11.8 Å². The van der Waals surface area contributed by atoms with E-state index in [2.05, 4.69) is 48.8 Å². The molecule has 20 heavy (non-hydrogen) atoms. The van der Waals surface area contributed by atoms with Crippen LogP contribution >= 0.6 is 11.8 Å². The van der Waals surface area contributed by atoms with E-state index in [1.807, 2.05) is 11.8 Å². The number of hydrogen-bond acceptors (Lipinski definition) is 2. The zero-order chi connectivity index (χ0) is 14.2. The largest absolute Gasteiger partial charge is 0.307 e. The molecule has 1 aromatic rings. The number of nitrogens with one attached hydrogen (secondary N) is 1. The molecule has 0 amide bonds. The van der Waals surface area contributed by atoms with Gasteiger partial charge >= 0.3 is 0 Å². The Bertz CT molecular complexity index is 359. The van der Waals surface area contributed by atoms with Crippen molar-refractivity contribution in [2.45, 2.75) is 57.5 Å². The first-order chi connectivity index (χ1) is 9.81. The fourth-order valence-electron chi connectivity index (χ4n) is 3.32. The Kier molecular flexibility index (Phi) is 6.95. The highest BCUT2D eigenvalue weighted by atomic mass is 32.2. The van der Waals surface area contributed by atoms with Crippen LogP contribution in [0, 0.1) is 5.92 Å². The molecule has 112 valence electrons. The molecule has 0 aliphatic heterocycles. The third-order valence-electron chi connectivity index (χ3n) is 4.50. The average Bonchev–Trinajstić information content (AvgIpc) is 2.52. The van der Waals surface area contributed by atoms with Gasteiger partial charge in [0.2, 0.25) is 0 Å². The van der Waals surface area contributed by atoms with Crippen LogP contribution in [0.5, 0.6) is 0 Å². The normalized spacial score (nSPS) is 19.7. The van der Waals surface area contributed by atoms with Gasteiger partial charge in [0.15, 0.2) is 0 Å². The van der Waals surface area contributed by atoms with Gasteiger partial charge < -0.3 is 5.32 Å². The third kappa shape index (κ3) is 4.82. The van der Waals surface area contributed by atoms with Crippen molar-refractivity contribution in [3.63, 3.8) is 0 Å². The van der Waals surface area contributed by atoms with Crippen LogP contribution in [0.4, 0.5) is 0 Å². The zero-order valence-corrected chi connectivity index (χ0v) is 13.8. The number of hydrogen-bond donors (Lipinski definition) is 1. The predicted octanol–water partition coefficient (Wildman–Crippen LogP) is 5.04. The second kappa shape index (κ2) is 8.74. The van der Waals surface area contributed by atoms with Gasteiger partial charge in [-0.1, -0.05) is 49.6 Å². The Morgan fingerprint density at radius 1 is 1.15 bits per heavy atom. The molecule has 1 fully saturated rings. The minimum absolute atomic E-state index is 0.549. The second-order valence-electron chi connectivity index (χ2n) is 6.14. The Morgan fingerprint density at radius 2 is 1.85 bits per heavy atom. The topological polar surface area (TPSA) is 12.0 Å². The highest BCUT2D eigenvalue weighted by Crippen LogP contribution is 2.34. The lowest BCUT2D eigenvalue weighted by atomic mass is 9.81. The van der Waals surface area contributed by atoms with E-state index in [9.17, 15) is 0 Å². The maximum atomic E-state index is 3.92. The van der Waals surface area contributed by atoms with E-state index in [-0.39, 0.29) is 0 Å². The number of benzene rings is 1. The van der Waals surface area contributed by atoms with Gasteiger partial charge in [-0.2, -0.15) is 11.8 Å². The summed E-state index contributed by atoms with van der Waals surface area (Å²) in [5, 5.41) is 3.92. The van der Waals surface area contributed by atoms with E-state index >= 15 is 0 Å².